The molecule has 2 aliphatic rings. The van der Waals surface area contributed by atoms with Gasteiger partial charge in [0.2, 0.25) is 0 Å². The van der Waals surface area contributed by atoms with E-state index in [0.717, 1.165) is 17.2 Å². The van der Waals surface area contributed by atoms with E-state index in [2.05, 4.69) is 0 Å². The molecule has 142 valence electrons. The highest BCUT2D eigenvalue weighted by molar-refractivity contribution is 7.99. The van der Waals surface area contributed by atoms with Crippen molar-refractivity contribution in [2.75, 3.05) is 18.8 Å². The average Bonchev–Trinajstić information content (AvgIpc) is 2.95. The Bertz CT molecular complexity index is 845. The number of ether oxygens (including phenoxy) is 1. The van der Waals surface area contributed by atoms with E-state index in [4.69, 9.17) is 4.74 Å². The largest absolute Gasteiger partial charge is 0.363 e. The molecule has 2 atom stereocenters. The van der Waals surface area contributed by atoms with E-state index < -0.39 is 11.9 Å². The number of rotatable bonds is 2. The zero-order valence-electron chi connectivity index (χ0n) is 14.9. The number of carbonyl (C=O) groups excluding carboxylic acids is 1. The van der Waals surface area contributed by atoms with Crippen LogP contribution in [0.25, 0.3) is 0 Å². The number of hydrogen-bond donors (Lipinski definition) is 0. The van der Waals surface area contributed by atoms with Crippen LogP contribution in [0.2, 0.25) is 0 Å². The van der Waals surface area contributed by atoms with E-state index in [0.29, 0.717) is 43.9 Å². The van der Waals surface area contributed by atoms with Gasteiger partial charge in [-0.3, -0.25) is 4.79 Å². The maximum Gasteiger partial charge on any atom is 0.252 e. The third-order valence-corrected chi connectivity index (χ3v) is 6.51. The van der Waals surface area contributed by atoms with Crippen molar-refractivity contribution in [2.24, 2.45) is 0 Å². The van der Waals surface area contributed by atoms with E-state index in [1.807, 2.05) is 29.2 Å². The van der Waals surface area contributed by atoms with Crippen molar-refractivity contribution in [3.63, 3.8) is 0 Å². The minimum atomic E-state index is -0.465. The second-order valence-electron chi connectivity index (χ2n) is 6.91. The van der Waals surface area contributed by atoms with Gasteiger partial charge in [0.1, 0.15) is 17.7 Å². The molecule has 6 heteroatoms. The summed E-state index contributed by atoms with van der Waals surface area (Å²) in [5.41, 5.74) is 2.68. The summed E-state index contributed by atoms with van der Waals surface area (Å²) in [6.07, 6.45) is 0.716. The Morgan fingerprint density at radius 3 is 2.78 bits per heavy atom. The molecule has 2 aromatic carbocycles. The lowest BCUT2D eigenvalue weighted by Gasteiger charge is -2.29. The first-order valence-corrected chi connectivity index (χ1v) is 10.2. The number of halogens is 2. The first-order chi connectivity index (χ1) is 13.1. The molecule has 2 unspecified atom stereocenters. The highest BCUT2D eigenvalue weighted by Crippen LogP contribution is 2.36. The van der Waals surface area contributed by atoms with E-state index >= 15 is 0 Å². The first kappa shape index (κ1) is 18.4. The molecular weight excluding hydrogens is 368 g/mol. The fourth-order valence-corrected chi connectivity index (χ4v) is 4.95. The van der Waals surface area contributed by atoms with Crippen LogP contribution in [0.15, 0.2) is 42.5 Å². The topological polar surface area (TPSA) is 29.5 Å². The van der Waals surface area contributed by atoms with Crippen molar-refractivity contribution in [2.45, 2.75) is 30.8 Å². The van der Waals surface area contributed by atoms with E-state index in [-0.39, 0.29) is 17.0 Å². The molecule has 3 nitrogen and oxygen atoms in total. The predicted octanol–water partition coefficient (Wildman–Crippen LogP) is 4.11. The number of benzene rings is 2. The molecule has 0 spiro atoms. The van der Waals surface area contributed by atoms with Crippen molar-refractivity contribution < 1.29 is 18.3 Å². The van der Waals surface area contributed by atoms with Gasteiger partial charge in [-0.2, -0.15) is 11.8 Å². The molecule has 2 aromatic rings. The molecule has 0 aliphatic carbocycles. The third kappa shape index (κ3) is 4.01. The molecule has 1 amide bonds. The molecule has 2 aliphatic heterocycles. The van der Waals surface area contributed by atoms with Gasteiger partial charge < -0.3 is 9.64 Å². The van der Waals surface area contributed by atoms with Crippen LogP contribution >= 0.6 is 11.8 Å². The van der Waals surface area contributed by atoms with Crippen molar-refractivity contribution in [3.05, 3.63) is 70.8 Å². The third-order valence-electron chi connectivity index (χ3n) is 5.20. The number of carbonyl (C=O) groups is 1. The fourth-order valence-electron chi connectivity index (χ4n) is 3.71. The quantitative estimate of drug-likeness (QED) is 0.774. The molecule has 1 saturated heterocycles. The molecule has 27 heavy (non-hydrogen) atoms. The summed E-state index contributed by atoms with van der Waals surface area (Å²) in [7, 11) is 0. The first-order valence-electron chi connectivity index (χ1n) is 9.15. The lowest BCUT2D eigenvalue weighted by Crippen LogP contribution is -2.43. The summed E-state index contributed by atoms with van der Waals surface area (Å²) < 4.78 is 33.4. The van der Waals surface area contributed by atoms with Crippen molar-refractivity contribution >= 4 is 17.7 Å². The number of thioether (sulfide) groups is 1. The van der Waals surface area contributed by atoms with Crippen LogP contribution in [0, 0.1) is 11.6 Å². The smallest absolute Gasteiger partial charge is 0.252 e. The zero-order chi connectivity index (χ0) is 18.8. The van der Waals surface area contributed by atoms with Gasteiger partial charge in [0.25, 0.3) is 5.91 Å². The van der Waals surface area contributed by atoms with Gasteiger partial charge in [-0.25, -0.2) is 8.78 Å². The highest BCUT2D eigenvalue weighted by atomic mass is 32.2. The molecule has 0 bridgehead atoms. The van der Waals surface area contributed by atoms with E-state index in [1.54, 1.807) is 11.8 Å². The van der Waals surface area contributed by atoms with Gasteiger partial charge in [-0.15, -0.1) is 0 Å². The average molecular weight is 389 g/mol. The monoisotopic (exact) mass is 389 g/mol. The number of hydrogen-bond acceptors (Lipinski definition) is 3. The second-order valence-corrected chi connectivity index (χ2v) is 8.22. The minimum absolute atomic E-state index is 0.00883. The molecule has 0 radical (unpaired) electrons. The Hall–Kier alpha value is -1.92. The van der Waals surface area contributed by atoms with Crippen molar-refractivity contribution in [3.8, 4) is 0 Å². The van der Waals surface area contributed by atoms with Crippen LogP contribution in [-0.4, -0.2) is 35.8 Å². The van der Waals surface area contributed by atoms with Gasteiger partial charge in [0, 0.05) is 36.1 Å². The van der Waals surface area contributed by atoms with Gasteiger partial charge in [-0.05, 0) is 35.7 Å². The molecule has 2 heterocycles. The van der Waals surface area contributed by atoms with E-state index in [1.165, 1.54) is 12.1 Å². The second kappa shape index (κ2) is 7.98. The summed E-state index contributed by atoms with van der Waals surface area (Å²) in [6, 6.07) is 11.6. The van der Waals surface area contributed by atoms with Crippen LogP contribution in [0.5, 0.6) is 0 Å². The van der Waals surface area contributed by atoms with E-state index in [9.17, 15) is 13.6 Å². The number of amides is 1. The van der Waals surface area contributed by atoms with Crippen LogP contribution in [-0.2, 0) is 22.6 Å². The number of fused-ring (bicyclic) bond motifs is 1. The molecule has 1 fully saturated rings. The van der Waals surface area contributed by atoms with Gasteiger partial charge in [-0.1, -0.05) is 24.3 Å². The summed E-state index contributed by atoms with van der Waals surface area (Å²) in [6.45, 7) is 1.57. The predicted molar refractivity (Wildman–Crippen MR) is 101 cm³/mol. The molecule has 4 rings (SSSR count). The van der Waals surface area contributed by atoms with Crippen LogP contribution in [0.3, 0.4) is 0 Å². The summed E-state index contributed by atoms with van der Waals surface area (Å²) >= 11 is 1.58. The highest BCUT2D eigenvalue weighted by Gasteiger charge is 2.31. The minimum Gasteiger partial charge on any atom is -0.363 e. The zero-order valence-corrected chi connectivity index (χ0v) is 15.7. The Labute approximate surface area is 161 Å². The van der Waals surface area contributed by atoms with Crippen LogP contribution < -0.4 is 0 Å². The Morgan fingerprint density at radius 1 is 1.11 bits per heavy atom. The molecule has 0 N–H and O–H groups in total. The normalized spacial score (nSPS) is 22.8. The van der Waals surface area contributed by atoms with Crippen LogP contribution in [0.4, 0.5) is 8.78 Å². The molecule has 0 aromatic heterocycles. The lowest BCUT2D eigenvalue weighted by atomic mass is 9.98. The summed E-state index contributed by atoms with van der Waals surface area (Å²) in [5, 5.41) is -0.147. The van der Waals surface area contributed by atoms with Crippen molar-refractivity contribution in [1.82, 2.24) is 4.90 Å². The number of nitrogens with zero attached hydrogens (tertiary/aromatic N) is 1. The fraction of sp³-hybridized carbons (Fsp3) is 0.381. The lowest BCUT2D eigenvalue weighted by molar-refractivity contribution is -0.145. The molecule has 0 saturated carbocycles. The van der Waals surface area contributed by atoms with Gasteiger partial charge in [0.15, 0.2) is 0 Å². The SMILES string of the molecule is O=C(C1Cc2ccccc2CO1)N1CCSC(c2cc(F)ccc2F)CC1. The Balaban J connectivity index is 1.42. The maximum atomic E-state index is 14.1. The van der Waals surface area contributed by atoms with Crippen LogP contribution in [0.1, 0.15) is 28.4 Å². The standard InChI is InChI=1S/C21H21F2NO2S/c22-16-5-6-18(23)17(12-16)20-7-8-24(9-10-27-20)21(25)19-11-14-3-1-2-4-15(14)13-26-19/h1-6,12,19-20H,7-11,13H2. The molecular formula is C21H21F2NO2S. The van der Waals surface area contributed by atoms with Gasteiger partial charge in [0.05, 0.1) is 6.61 Å². The maximum absolute atomic E-state index is 14.1. The summed E-state index contributed by atoms with van der Waals surface area (Å²) in [4.78, 5) is 14.7. The Kier molecular flexibility index (Phi) is 5.45. The van der Waals surface area contributed by atoms with Crippen molar-refractivity contribution in [1.29, 1.82) is 0 Å². The summed E-state index contributed by atoms with van der Waals surface area (Å²) in [5.74, 6) is -0.139. The Morgan fingerprint density at radius 2 is 1.93 bits per heavy atom. The van der Waals surface area contributed by atoms with Gasteiger partial charge >= 0.3 is 0 Å².